The van der Waals surface area contributed by atoms with E-state index in [2.05, 4.69) is 42.4 Å². The minimum atomic E-state index is -0.519. The van der Waals surface area contributed by atoms with Gasteiger partial charge in [-0.05, 0) is 51.3 Å². The predicted molar refractivity (Wildman–Crippen MR) is 88.1 cm³/mol. The minimum absolute atomic E-state index is 0.143. The lowest BCUT2D eigenvalue weighted by Gasteiger charge is -2.26. The van der Waals surface area contributed by atoms with Gasteiger partial charge in [-0.2, -0.15) is 0 Å². The highest BCUT2D eigenvalue weighted by atomic mass is 16.6. The molecule has 1 aliphatic rings. The van der Waals surface area contributed by atoms with Crippen molar-refractivity contribution in [2.45, 2.75) is 46.3 Å². The molecule has 0 bridgehead atoms. The zero-order valence-corrected chi connectivity index (χ0v) is 14.2. The van der Waals surface area contributed by atoms with E-state index in [-0.39, 0.29) is 6.04 Å². The quantitative estimate of drug-likeness (QED) is 0.867. The first kappa shape index (κ1) is 16.3. The summed E-state index contributed by atoms with van der Waals surface area (Å²) in [6.07, 6.45) is -0.472. The van der Waals surface area contributed by atoms with Crippen molar-refractivity contribution in [3.63, 3.8) is 0 Å². The third-order valence-corrected chi connectivity index (χ3v) is 3.83. The van der Waals surface area contributed by atoms with Gasteiger partial charge in [0.25, 0.3) is 0 Å². The van der Waals surface area contributed by atoms with Gasteiger partial charge in [-0.15, -0.1) is 0 Å². The number of hydrogen-bond acceptors (Lipinski definition) is 4. The van der Waals surface area contributed by atoms with Crippen LogP contribution in [0.5, 0.6) is 0 Å². The number of rotatable bonds is 1. The summed E-state index contributed by atoms with van der Waals surface area (Å²) in [6.45, 7) is 10.4. The van der Waals surface area contributed by atoms with Gasteiger partial charge >= 0.3 is 6.09 Å². The number of amides is 1. The largest absolute Gasteiger partial charge is 0.444 e. The maximum absolute atomic E-state index is 11.9. The highest BCUT2D eigenvalue weighted by Crippen LogP contribution is 2.28. The van der Waals surface area contributed by atoms with Crippen LogP contribution in [0.2, 0.25) is 0 Å². The van der Waals surface area contributed by atoms with E-state index < -0.39 is 11.7 Å². The number of guanidine groups is 1. The SMILES string of the molecule is Cc1cccc(C2CN=C(NC(=O)OC(C)(C)C)N2C)c1C. The second-order valence-electron chi connectivity index (χ2n) is 6.71. The lowest BCUT2D eigenvalue weighted by atomic mass is 9.97. The monoisotopic (exact) mass is 303 g/mol. The molecule has 0 saturated carbocycles. The first-order valence-electron chi connectivity index (χ1n) is 7.52. The van der Waals surface area contributed by atoms with Gasteiger partial charge < -0.3 is 9.64 Å². The average Bonchev–Trinajstić information content (AvgIpc) is 2.72. The Balaban J connectivity index is 2.07. The Morgan fingerprint density at radius 1 is 1.36 bits per heavy atom. The summed E-state index contributed by atoms with van der Waals surface area (Å²) in [5, 5.41) is 2.73. The normalized spacial score (nSPS) is 18.2. The molecule has 0 radical (unpaired) electrons. The van der Waals surface area contributed by atoms with Crippen LogP contribution in [0.4, 0.5) is 4.79 Å². The van der Waals surface area contributed by atoms with Crippen LogP contribution in [0.25, 0.3) is 0 Å². The molecule has 1 atom stereocenters. The van der Waals surface area contributed by atoms with Crippen LogP contribution in [-0.2, 0) is 4.74 Å². The molecule has 0 saturated heterocycles. The zero-order chi connectivity index (χ0) is 16.5. The van der Waals surface area contributed by atoms with Crippen molar-refractivity contribution in [1.82, 2.24) is 10.2 Å². The minimum Gasteiger partial charge on any atom is -0.444 e. The van der Waals surface area contributed by atoms with E-state index >= 15 is 0 Å². The highest BCUT2D eigenvalue weighted by Gasteiger charge is 2.29. The number of ether oxygens (including phenoxy) is 1. The highest BCUT2D eigenvalue weighted by molar-refractivity contribution is 5.95. The molecular formula is C17H25N3O2. The molecular weight excluding hydrogens is 278 g/mol. The molecule has 1 aromatic carbocycles. The molecule has 1 unspecified atom stereocenters. The third-order valence-electron chi connectivity index (χ3n) is 3.83. The Bertz CT molecular complexity index is 602. The van der Waals surface area contributed by atoms with Crippen molar-refractivity contribution in [2.75, 3.05) is 13.6 Å². The maximum atomic E-state index is 11.9. The van der Waals surface area contributed by atoms with E-state index in [0.29, 0.717) is 12.5 Å². The number of nitrogens with zero attached hydrogens (tertiary/aromatic N) is 2. The second kappa shape index (κ2) is 5.99. The van der Waals surface area contributed by atoms with Crippen molar-refractivity contribution in [2.24, 2.45) is 4.99 Å². The van der Waals surface area contributed by atoms with Crippen molar-refractivity contribution >= 4 is 12.1 Å². The van der Waals surface area contributed by atoms with Gasteiger partial charge in [0.1, 0.15) is 5.60 Å². The van der Waals surface area contributed by atoms with Crippen LogP contribution in [0.3, 0.4) is 0 Å². The van der Waals surface area contributed by atoms with E-state index in [0.717, 1.165) is 0 Å². The van der Waals surface area contributed by atoms with Crippen molar-refractivity contribution < 1.29 is 9.53 Å². The van der Waals surface area contributed by atoms with Gasteiger partial charge in [0.15, 0.2) is 0 Å². The van der Waals surface area contributed by atoms with E-state index in [1.165, 1.54) is 16.7 Å². The molecule has 0 fully saturated rings. The lowest BCUT2D eigenvalue weighted by molar-refractivity contribution is 0.0557. The number of hydrogen-bond donors (Lipinski definition) is 1. The average molecular weight is 303 g/mol. The molecule has 5 nitrogen and oxygen atoms in total. The van der Waals surface area contributed by atoms with Crippen LogP contribution in [0.1, 0.15) is 43.5 Å². The summed E-state index contributed by atoms with van der Waals surface area (Å²) in [6, 6.07) is 6.43. The summed E-state index contributed by atoms with van der Waals surface area (Å²) in [5.74, 6) is 0.556. The number of alkyl carbamates (subject to hydrolysis) is 1. The molecule has 2 rings (SSSR count). The molecule has 1 aliphatic heterocycles. The van der Waals surface area contributed by atoms with E-state index in [9.17, 15) is 4.79 Å². The number of likely N-dealkylation sites (N-methyl/N-ethyl adjacent to an activating group) is 1. The lowest BCUT2D eigenvalue weighted by Crippen LogP contribution is -2.43. The van der Waals surface area contributed by atoms with E-state index in [4.69, 9.17) is 4.74 Å². The molecule has 1 N–H and O–H groups in total. The standard InChI is InChI=1S/C17H25N3O2/c1-11-8-7-9-13(12(11)2)14-10-18-15(20(14)6)19-16(21)22-17(3,4)5/h7-9,14H,10H2,1-6H3,(H,18,19,21). The van der Waals surface area contributed by atoms with Crippen LogP contribution in [0, 0.1) is 13.8 Å². The third kappa shape index (κ3) is 3.59. The number of benzene rings is 1. The fourth-order valence-corrected chi connectivity index (χ4v) is 2.52. The Kier molecular flexibility index (Phi) is 4.44. The number of aliphatic imine (C=N–C) groups is 1. The number of carbonyl (C=O) groups is 1. The molecule has 0 spiro atoms. The summed E-state index contributed by atoms with van der Waals surface area (Å²) in [4.78, 5) is 18.3. The fraction of sp³-hybridized carbons (Fsp3) is 0.529. The predicted octanol–water partition coefficient (Wildman–Crippen LogP) is 3.17. The first-order valence-corrected chi connectivity index (χ1v) is 7.52. The second-order valence-corrected chi connectivity index (χ2v) is 6.71. The molecule has 0 aromatic heterocycles. The van der Waals surface area contributed by atoms with Gasteiger partial charge in [0.05, 0.1) is 12.6 Å². The number of nitrogens with one attached hydrogen (secondary N) is 1. The topological polar surface area (TPSA) is 53.9 Å². The molecule has 120 valence electrons. The summed E-state index contributed by atoms with van der Waals surface area (Å²) in [7, 11) is 1.94. The molecule has 1 aromatic rings. The summed E-state index contributed by atoms with van der Waals surface area (Å²) < 4.78 is 5.27. The van der Waals surface area contributed by atoms with E-state index in [1.54, 1.807) is 0 Å². The van der Waals surface area contributed by atoms with Gasteiger partial charge in [-0.3, -0.25) is 10.3 Å². The maximum Gasteiger partial charge on any atom is 0.414 e. The summed E-state index contributed by atoms with van der Waals surface area (Å²) in [5.41, 5.74) is 3.26. The zero-order valence-electron chi connectivity index (χ0n) is 14.2. The van der Waals surface area contributed by atoms with Crippen molar-refractivity contribution in [3.05, 3.63) is 34.9 Å². The first-order chi connectivity index (χ1) is 10.2. The van der Waals surface area contributed by atoms with Gasteiger partial charge in [-0.25, -0.2) is 4.79 Å². The number of aryl methyl sites for hydroxylation is 1. The molecule has 0 aliphatic carbocycles. The van der Waals surface area contributed by atoms with E-state index in [1.807, 2.05) is 32.7 Å². The van der Waals surface area contributed by atoms with Crippen LogP contribution in [0.15, 0.2) is 23.2 Å². The van der Waals surface area contributed by atoms with Crippen molar-refractivity contribution in [1.29, 1.82) is 0 Å². The summed E-state index contributed by atoms with van der Waals surface area (Å²) >= 11 is 0. The Labute approximate surface area is 132 Å². The Morgan fingerprint density at radius 3 is 2.68 bits per heavy atom. The van der Waals surface area contributed by atoms with Gasteiger partial charge in [0.2, 0.25) is 5.96 Å². The number of carbonyl (C=O) groups excluding carboxylic acids is 1. The fourth-order valence-electron chi connectivity index (χ4n) is 2.52. The molecule has 22 heavy (non-hydrogen) atoms. The smallest absolute Gasteiger partial charge is 0.414 e. The van der Waals surface area contributed by atoms with Crippen LogP contribution < -0.4 is 5.32 Å². The van der Waals surface area contributed by atoms with Crippen LogP contribution >= 0.6 is 0 Å². The van der Waals surface area contributed by atoms with Crippen LogP contribution in [-0.4, -0.2) is 36.1 Å². The van der Waals surface area contributed by atoms with Gasteiger partial charge in [-0.1, -0.05) is 18.2 Å². The van der Waals surface area contributed by atoms with Gasteiger partial charge in [0, 0.05) is 7.05 Å². The Hall–Kier alpha value is -2.04. The molecule has 5 heteroatoms. The Morgan fingerprint density at radius 2 is 2.05 bits per heavy atom. The molecule has 1 heterocycles. The molecule has 1 amide bonds. The van der Waals surface area contributed by atoms with Crippen molar-refractivity contribution in [3.8, 4) is 0 Å².